The van der Waals surface area contributed by atoms with Gasteiger partial charge in [0.1, 0.15) is 11.8 Å². The molecule has 0 aliphatic rings. The zero-order chi connectivity index (χ0) is 21.7. The Balaban J connectivity index is 1.91. The number of hydrogen-bond acceptors (Lipinski definition) is 7. The summed E-state index contributed by atoms with van der Waals surface area (Å²) >= 11 is 5.78. The maximum Gasteiger partial charge on any atom is 0.387 e. The van der Waals surface area contributed by atoms with E-state index in [9.17, 15) is 22.5 Å². The summed E-state index contributed by atoms with van der Waals surface area (Å²) in [6, 6.07) is 11.9. The first kappa shape index (κ1) is 21.2. The summed E-state index contributed by atoms with van der Waals surface area (Å²) in [6.07, 6.45) is 1.38. The van der Waals surface area contributed by atoms with Crippen molar-refractivity contribution in [1.82, 2.24) is 10.2 Å². The third-order valence-electron chi connectivity index (χ3n) is 3.53. The number of rotatable bonds is 7. The number of nitriles is 1. The first-order chi connectivity index (χ1) is 14.3. The predicted octanol–water partition coefficient (Wildman–Crippen LogP) is 4.20. The molecule has 0 atom stereocenters. The van der Waals surface area contributed by atoms with Gasteiger partial charge in [0, 0.05) is 17.3 Å². The minimum Gasteiger partial charge on any atom is -0.452 e. The van der Waals surface area contributed by atoms with Crippen LogP contribution in [0.25, 0.3) is 0 Å². The van der Waals surface area contributed by atoms with E-state index in [2.05, 4.69) is 19.7 Å². The normalized spacial score (nSPS) is 11.0. The van der Waals surface area contributed by atoms with Gasteiger partial charge in [-0.05, 0) is 42.5 Å². The maximum absolute atomic E-state index is 12.6. The van der Waals surface area contributed by atoms with Crippen LogP contribution in [-0.2, 0) is 10.0 Å². The summed E-state index contributed by atoms with van der Waals surface area (Å²) in [4.78, 5) is -0.239. The van der Waals surface area contributed by atoms with Gasteiger partial charge in [-0.25, -0.2) is 8.42 Å². The summed E-state index contributed by atoms with van der Waals surface area (Å²) < 4.78 is 62.3. The number of ether oxygens (including phenoxy) is 2. The number of anilines is 1. The van der Waals surface area contributed by atoms with Crippen molar-refractivity contribution < 1.29 is 26.7 Å². The highest BCUT2D eigenvalue weighted by Gasteiger charge is 2.19. The maximum atomic E-state index is 12.6. The van der Waals surface area contributed by atoms with Gasteiger partial charge in [-0.2, -0.15) is 19.1 Å². The number of halogens is 3. The molecule has 0 amide bonds. The molecule has 12 heteroatoms. The van der Waals surface area contributed by atoms with Crippen LogP contribution in [-0.4, -0.2) is 25.2 Å². The van der Waals surface area contributed by atoms with Gasteiger partial charge >= 0.3 is 6.61 Å². The number of benzene rings is 2. The van der Waals surface area contributed by atoms with E-state index in [0.29, 0.717) is 0 Å². The third-order valence-corrected chi connectivity index (χ3v) is 5.12. The van der Waals surface area contributed by atoms with Gasteiger partial charge in [0.15, 0.2) is 17.3 Å². The number of sulfonamides is 1. The fraction of sp³-hybridized carbons (Fsp3) is 0.0556. The molecule has 8 nitrogen and oxygen atoms in total. The Bertz CT molecular complexity index is 1200. The Morgan fingerprint density at radius 2 is 1.87 bits per heavy atom. The van der Waals surface area contributed by atoms with Crippen LogP contribution in [0.4, 0.5) is 14.6 Å². The zero-order valence-electron chi connectivity index (χ0n) is 14.8. The average molecular weight is 453 g/mol. The van der Waals surface area contributed by atoms with E-state index in [4.69, 9.17) is 16.3 Å². The molecule has 0 saturated carbocycles. The summed E-state index contributed by atoms with van der Waals surface area (Å²) in [7, 11) is -4.07. The lowest BCUT2D eigenvalue weighted by atomic mass is 10.2. The van der Waals surface area contributed by atoms with Crippen molar-refractivity contribution in [2.75, 3.05) is 4.72 Å². The molecule has 3 rings (SSSR count). The second kappa shape index (κ2) is 8.89. The van der Waals surface area contributed by atoms with E-state index in [1.54, 1.807) is 6.07 Å². The van der Waals surface area contributed by atoms with E-state index < -0.39 is 16.6 Å². The molecular formula is C18H11ClF2N4O4S. The second-order valence-electron chi connectivity index (χ2n) is 5.56. The Kier molecular flexibility index (Phi) is 6.29. The minimum atomic E-state index is -4.07. The number of alkyl halides is 2. The van der Waals surface area contributed by atoms with E-state index in [0.717, 1.165) is 12.1 Å². The molecule has 1 heterocycles. The molecule has 0 aliphatic carbocycles. The van der Waals surface area contributed by atoms with Gasteiger partial charge in [0.2, 0.25) is 0 Å². The van der Waals surface area contributed by atoms with Crippen molar-refractivity contribution >= 4 is 27.4 Å². The van der Waals surface area contributed by atoms with Crippen LogP contribution in [0.2, 0.25) is 5.02 Å². The zero-order valence-corrected chi connectivity index (χ0v) is 16.4. The number of hydrogen-bond donors (Lipinski definition) is 1. The molecule has 154 valence electrons. The lowest BCUT2D eigenvalue weighted by Gasteiger charge is -2.14. The Hall–Kier alpha value is -3.49. The second-order valence-corrected chi connectivity index (χ2v) is 7.67. The van der Waals surface area contributed by atoms with Crippen LogP contribution in [0.5, 0.6) is 17.2 Å². The molecule has 0 saturated heterocycles. The highest BCUT2D eigenvalue weighted by Crippen LogP contribution is 2.36. The SMILES string of the molecule is N#Cc1cc(S(=O)(=O)Nc2cccnn2)ccc1Oc1ccc(Cl)cc1OC(F)F. The van der Waals surface area contributed by atoms with Crippen LogP contribution in [0.15, 0.2) is 59.6 Å². The Morgan fingerprint density at radius 3 is 2.53 bits per heavy atom. The van der Waals surface area contributed by atoms with Crippen molar-refractivity contribution in [1.29, 1.82) is 5.26 Å². The highest BCUT2D eigenvalue weighted by molar-refractivity contribution is 7.92. The molecular weight excluding hydrogens is 442 g/mol. The molecule has 0 fully saturated rings. The van der Waals surface area contributed by atoms with Crippen LogP contribution >= 0.6 is 11.6 Å². The molecule has 30 heavy (non-hydrogen) atoms. The number of nitrogens with one attached hydrogen (secondary N) is 1. The molecule has 1 aromatic heterocycles. The van der Waals surface area contributed by atoms with Crippen LogP contribution < -0.4 is 14.2 Å². The predicted molar refractivity (Wildman–Crippen MR) is 102 cm³/mol. The lowest BCUT2D eigenvalue weighted by Crippen LogP contribution is -2.14. The van der Waals surface area contributed by atoms with Crippen molar-refractivity contribution in [3.63, 3.8) is 0 Å². The topological polar surface area (TPSA) is 114 Å². The van der Waals surface area contributed by atoms with Crippen LogP contribution in [0.1, 0.15) is 5.56 Å². The van der Waals surface area contributed by atoms with Crippen molar-refractivity contribution in [2.24, 2.45) is 0 Å². The first-order valence-corrected chi connectivity index (χ1v) is 9.91. The van der Waals surface area contributed by atoms with Gasteiger partial charge in [0.05, 0.1) is 10.5 Å². The molecule has 0 radical (unpaired) electrons. The number of aromatic nitrogens is 2. The summed E-state index contributed by atoms with van der Waals surface area (Å²) in [5, 5.41) is 16.7. The van der Waals surface area contributed by atoms with Gasteiger partial charge in [-0.15, -0.1) is 5.10 Å². The summed E-state index contributed by atoms with van der Waals surface area (Å²) in [5.41, 5.74) is -0.157. The molecule has 0 aliphatic heterocycles. The van der Waals surface area contributed by atoms with Crippen molar-refractivity contribution in [3.05, 3.63) is 65.3 Å². The standard InChI is InChI=1S/C18H11ClF2N4O4S/c19-12-3-5-15(16(9-12)29-18(20)21)28-14-6-4-13(8-11(14)10-22)30(26,27)25-17-2-1-7-23-24-17/h1-9,18H,(H,24,25). The summed E-state index contributed by atoms with van der Waals surface area (Å²) in [5.74, 6) is -0.560. The summed E-state index contributed by atoms with van der Waals surface area (Å²) in [6.45, 7) is -3.12. The molecule has 1 N–H and O–H groups in total. The van der Waals surface area contributed by atoms with Crippen LogP contribution in [0.3, 0.4) is 0 Å². The quantitative estimate of drug-likeness (QED) is 0.571. The molecule has 3 aromatic rings. The molecule has 0 unspecified atom stereocenters. The van der Waals surface area contributed by atoms with E-state index >= 15 is 0 Å². The molecule has 0 bridgehead atoms. The molecule has 0 spiro atoms. The smallest absolute Gasteiger partial charge is 0.387 e. The Labute approximate surface area is 174 Å². The molecule has 2 aromatic carbocycles. The van der Waals surface area contributed by atoms with Gasteiger partial charge in [-0.3, -0.25) is 4.72 Å². The van der Waals surface area contributed by atoms with Gasteiger partial charge < -0.3 is 9.47 Å². The van der Waals surface area contributed by atoms with Crippen molar-refractivity contribution in [3.8, 4) is 23.3 Å². The largest absolute Gasteiger partial charge is 0.452 e. The van der Waals surface area contributed by atoms with E-state index in [1.165, 1.54) is 42.6 Å². The fourth-order valence-corrected chi connectivity index (χ4v) is 3.46. The van der Waals surface area contributed by atoms with Gasteiger partial charge in [0.25, 0.3) is 10.0 Å². The third kappa shape index (κ3) is 5.11. The van der Waals surface area contributed by atoms with Gasteiger partial charge in [-0.1, -0.05) is 11.6 Å². The van der Waals surface area contributed by atoms with Crippen LogP contribution in [0, 0.1) is 11.3 Å². The highest BCUT2D eigenvalue weighted by atomic mass is 35.5. The van der Waals surface area contributed by atoms with E-state index in [-0.39, 0.29) is 38.5 Å². The minimum absolute atomic E-state index is 0.00807. The average Bonchev–Trinajstić information content (AvgIpc) is 2.70. The van der Waals surface area contributed by atoms with E-state index in [1.807, 2.05) is 0 Å². The van der Waals surface area contributed by atoms with Crippen molar-refractivity contribution in [2.45, 2.75) is 11.5 Å². The lowest BCUT2D eigenvalue weighted by molar-refractivity contribution is -0.0510. The fourth-order valence-electron chi connectivity index (χ4n) is 2.28. The first-order valence-electron chi connectivity index (χ1n) is 8.05. The Morgan fingerprint density at radius 1 is 1.10 bits per heavy atom. The monoisotopic (exact) mass is 452 g/mol. The number of nitrogens with zero attached hydrogens (tertiary/aromatic N) is 3.